The van der Waals surface area contributed by atoms with E-state index in [0.29, 0.717) is 18.8 Å². The molecule has 4 atom stereocenters. The van der Waals surface area contributed by atoms with Gasteiger partial charge in [-0.25, -0.2) is 4.68 Å². The minimum absolute atomic E-state index is 0.0976. The minimum atomic E-state index is -0.310. The number of fused-ring (bicyclic) bond motifs is 1. The van der Waals surface area contributed by atoms with Crippen LogP contribution >= 0.6 is 0 Å². The number of hydrogen-bond acceptors (Lipinski definition) is 4. The van der Waals surface area contributed by atoms with E-state index in [-0.39, 0.29) is 47.3 Å². The highest BCUT2D eigenvalue weighted by molar-refractivity contribution is 5.92. The van der Waals surface area contributed by atoms with E-state index in [0.717, 1.165) is 12.8 Å². The van der Waals surface area contributed by atoms with Gasteiger partial charge in [0.25, 0.3) is 11.5 Å². The SMILES string of the molecule is O=C(c1cc(=O)n(-c2ccccc2)[nH]1)N1C[C@H]2[C@@H](CO)[C@@H]3CC[C@@]2(C1)O3. The first-order chi connectivity index (χ1) is 12.6. The number of H-pyrrole nitrogens is 1. The molecule has 3 saturated heterocycles. The molecule has 0 unspecified atom stereocenters. The molecule has 3 aliphatic heterocycles. The predicted molar refractivity (Wildman–Crippen MR) is 93.2 cm³/mol. The van der Waals surface area contributed by atoms with E-state index in [4.69, 9.17) is 4.74 Å². The van der Waals surface area contributed by atoms with Gasteiger partial charge in [-0.3, -0.25) is 14.7 Å². The van der Waals surface area contributed by atoms with E-state index in [1.54, 1.807) is 4.90 Å². The summed E-state index contributed by atoms with van der Waals surface area (Å²) in [6, 6.07) is 10.5. The summed E-state index contributed by atoms with van der Waals surface area (Å²) in [6.07, 6.45) is 2.01. The zero-order chi connectivity index (χ0) is 17.9. The molecule has 3 aliphatic rings. The number of carbonyl (C=O) groups is 1. The van der Waals surface area contributed by atoms with Crippen molar-refractivity contribution < 1.29 is 14.6 Å². The highest BCUT2D eigenvalue weighted by atomic mass is 16.5. The molecule has 2 aromatic rings. The van der Waals surface area contributed by atoms with Crippen molar-refractivity contribution >= 4 is 5.91 Å². The topological polar surface area (TPSA) is 87.6 Å². The van der Waals surface area contributed by atoms with Crippen LogP contribution in [0.5, 0.6) is 0 Å². The molecule has 0 aliphatic carbocycles. The lowest BCUT2D eigenvalue weighted by atomic mass is 9.74. The summed E-state index contributed by atoms with van der Waals surface area (Å²) in [4.78, 5) is 27.0. The van der Waals surface area contributed by atoms with Crippen LogP contribution in [0.2, 0.25) is 0 Å². The number of para-hydroxylation sites is 1. The average molecular weight is 355 g/mol. The molecule has 7 nitrogen and oxygen atoms in total. The Morgan fingerprint density at radius 2 is 2.15 bits per heavy atom. The molecule has 26 heavy (non-hydrogen) atoms. The van der Waals surface area contributed by atoms with E-state index in [9.17, 15) is 14.7 Å². The van der Waals surface area contributed by atoms with Crippen LogP contribution in [0, 0.1) is 11.8 Å². The van der Waals surface area contributed by atoms with Crippen molar-refractivity contribution in [3.05, 3.63) is 52.4 Å². The van der Waals surface area contributed by atoms with Crippen LogP contribution in [-0.4, -0.2) is 57.1 Å². The molecule has 1 aromatic heterocycles. The first-order valence-corrected chi connectivity index (χ1v) is 9.07. The van der Waals surface area contributed by atoms with Gasteiger partial charge in [0, 0.05) is 31.1 Å². The van der Waals surface area contributed by atoms with Crippen LogP contribution in [0.15, 0.2) is 41.2 Å². The summed E-state index contributed by atoms with van der Waals surface area (Å²) >= 11 is 0. The van der Waals surface area contributed by atoms with Gasteiger partial charge >= 0.3 is 0 Å². The Hall–Kier alpha value is -2.38. The highest BCUT2D eigenvalue weighted by Gasteiger charge is 2.63. The Morgan fingerprint density at radius 3 is 2.92 bits per heavy atom. The van der Waals surface area contributed by atoms with Crippen LogP contribution in [-0.2, 0) is 4.74 Å². The van der Waals surface area contributed by atoms with Gasteiger partial charge < -0.3 is 14.7 Å². The van der Waals surface area contributed by atoms with Gasteiger partial charge in [-0.1, -0.05) is 18.2 Å². The van der Waals surface area contributed by atoms with E-state index >= 15 is 0 Å². The van der Waals surface area contributed by atoms with Crippen LogP contribution in [0.4, 0.5) is 0 Å². The number of ether oxygens (including phenoxy) is 1. The number of nitrogens with one attached hydrogen (secondary N) is 1. The summed E-state index contributed by atoms with van der Waals surface area (Å²) in [5.74, 6) is 0.0944. The third-order valence-electron chi connectivity index (χ3n) is 6.25. The van der Waals surface area contributed by atoms with Crippen LogP contribution in [0.25, 0.3) is 5.69 Å². The molecular formula is C19H21N3O4. The largest absolute Gasteiger partial charge is 0.396 e. The molecule has 7 heteroatoms. The van der Waals surface area contributed by atoms with Gasteiger partial charge in [0.1, 0.15) is 5.69 Å². The number of benzene rings is 1. The van der Waals surface area contributed by atoms with E-state index < -0.39 is 0 Å². The van der Waals surface area contributed by atoms with Gasteiger partial charge in [-0.05, 0) is 25.0 Å². The third kappa shape index (κ3) is 2.13. The van der Waals surface area contributed by atoms with Crippen molar-refractivity contribution in [1.82, 2.24) is 14.7 Å². The Morgan fingerprint density at radius 1 is 1.35 bits per heavy atom. The summed E-state index contributed by atoms with van der Waals surface area (Å²) in [5.41, 5.74) is 0.402. The van der Waals surface area contributed by atoms with Gasteiger partial charge in [0.2, 0.25) is 0 Å². The zero-order valence-corrected chi connectivity index (χ0v) is 14.3. The molecule has 1 spiro atoms. The second-order valence-electron chi connectivity index (χ2n) is 7.58. The standard InChI is InChI=1S/C19H21N3O4/c23-10-13-14-9-21(11-19(14)7-6-16(13)26-19)18(25)15-8-17(24)22(20-15)12-4-2-1-3-5-12/h1-5,8,13-14,16,20,23H,6-7,9-11H2/t13-,14+,16+,19+/m1/s1. The lowest BCUT2D eigenvalue weighted by Crippen LogP contribution is -2.38. The summed E-state index contributed by atoms with van der Waals surface area (Å²) in [6.45, 7) is 1.20. The van der Waals surface area contributed by atoms with Gasteiger partial charge in [0.05, 0.1) is 23.9 Å². The maximum atomic E-state index is 13.0. The Balaban J connectivity index is 1.41. The van der Waals surface area contributed by atoms with Gasteiger partial charge in [0.15, 0.2) is 0 Å². The normalized spacial score (nSPS) is 32.2. The molecule has 4 heterocycles. The maximum Gasteiger partial charge on any atom is 0.272 e. The van der Waals surface area contributed by atoms with Crippen LogP contribution < -0.4 is 5.56 Å². The monoisotopic (exact) mass is 355 g/mol. The fourth-order valence-electron chi connectivity index (χ4n) is 5.03. The molecule has 2 N–H and O–H groups in total. The molecule has 5 rings (SSSR count). The molecule has 2 bridgehead atoms. The molecule has 1 aromatic carbocycles. The van der Waals surface area contributed by atoms with E-state index in [2.05, 4.69) is 5.10 Å². The molecule has 1 amide bonds. The zero-order valence-electron chi connectivity index (χ0n) is 14.3. The van der Waals surface area contributed by atoms with Crippen LogP contribution in [0.1, 0.15) is 23.3 Å². The number of carbonyl (C=O) groups excluding carboxylic acids is 1. The van der Waals surface area contributed by atoms with Gasteiger partial charge in [-0.2, -0.15) is 0 Å². The summed E-state index contributed by atoms with van der Waals surface area (Å²) < 4.78 is 7.55. The number of nitrogens with zero attached hydrogens (tertiary/aromatic N) is 2. The van der Waals surface area contributed by atoms with E-state index in [1.807, 2.05) is 30.3 Å². The molecule has 136 valence electrons. The van der Waals surface area contributed by atoms with Crippen molar-refractivity contribution in [1.29, 1.82) is 0 Å². The average Bonchev–Trinajstić information content (AvgIpc) is 3.39. The number of aliphatic hydroxyl groups excluding tert-OH is 1. The van der Waals surface area contributed by atoms with Crippen molar-refractivity contribution in [2.45, 2.75) is 24.5 Å². The van der Waals surface area contributed by atoms with Crippen molar-refractivity contribution in [3.63, 3.8) is 0 Å². The predicted octanol–water partition coefficient (Wildman–Crippen LogP) is 0.777. The van der Waals surface area contributed by atoms with Crippen molar-refractivity contribution in [3.8, 4) is 5.69 Å². The highest BCUT2D eigenvalue weighted by Crippen LogP contribution is 2.54. The molecule has 3 fully saturated rings. The van der Waals surface area contributed by atoms with E-state index in [1.165, 1.54) is 10.7 Å². The fourth-order valence-corrected chi connectivity index (χ4v) is 5.03. The second-order valence-corrected chi connectivity index (χ2v) is 7.58. The first-order valence-electron chi connectivity index (χ1n) is 9.07. The molecule has 0 saturated carbocycles. The number of aromatic nitrogens is 2. The number of aliphatic hydroxyl groups is 1. The Kier molecular flexibility index (Phi) is 3.39. The lowest BCUT2D eigenvalue weighted by molar-refractivity contribution is 0.00148. The minimum Gasteiger partial charge on any atom is -0.396 e. The fraction of sp³-hybridized carbons (Fsp3) is 0.474. The van der Waals surface area contributed by atoms with Gasteiger partial charge in [-0.15, -0.1) is 0 Å². The quantitative estimate of drug-likeness (QED) is 0.852. The lowest BCUT2D eigenvalue weighted by Gasteiger charge is -2.27. The summed E-state index contributed by atoms with van der Waals surface area (Å²) in [5, 5.41) is 12.6. The Labute approximate surface area is 150 Å². The maximum absolute atomic E-state index is 13.0. The van der Waals surface area contributed by atoms with Crippen molar-refractivity contribution in [2.75, 3.05) is 19.7 Å². The number of amides is 1. The number of likely N-dealkylation sites (tertiary alicyclic amines) is 1. The number of hydrogen-bond donors (Lipinski definition) is 2. The smallest absolute Gasteiger partial charge is 0.272 e. The Bertz CT molecular complexity index is 905. The molecular weight excluding hydrogens is 334 g/mol. The van der Waals surface area contributed by atoms with Crippen LogP contribution in [0.3, 0.4) is 0 Å². The number of rotatable bonds is 3. The van der Waals surface area contributed by atoms with Crippen molar-refractivity contribution in [2.24, 2.45) is 11.8 Å². The second kappa shape index (κ2) is 5.56. The summed E-state index contributed by atoms with van der Waals surface area (Å²) in [7, 11) is 0. The molecule has 0 radical (unpaired) electrons. The third-order valence-corrected chi connectivity index (χ3v) is 6.25. The number of aromatic amines is 1. The first kappa shape index (κ1) is 15.8.